The van der Waals surface area contributed by atoms with Crippen molar-refractivity contribution in [2.24, 2.45) is 0 Å². The molecule has 1 atom stereocenters. The van der Waals surface area contributed by atoms with Crippen LogP contribution < -0.4 is 15.5 Å². The zero-order valence-corrected chi connectivity index (χ0v) is 19.0. The van der Waals surface area contributed by atoms with Crippen molar-refractivity contribution in [2.75, 3.05) is 18.0 Å². The number of nitrogens with one attached hydrogen (secondary N) is 2. The molecule has 0 radical (unpaired) electrons. The number of aryl methyl sites for hydroxylation is 1. The van der Waals surface area contributed by atoms with Crippen molar-refractivity contribution in [3.8, 4) is 0 Å². The number of benzene rings is 2. The molecule has 2 heterocycles. The highest BCUT2D eigenvalue weighted by atomic mass is 16.3. The zero-order valence-electron chi connectivity index (χ0n) is 19.0. The Labute approximate surface area is 194 Å². The average Bonchev–Trinajstić information content (AvgIpc) is 3.43. The van der Waals surface area contributed by atoms with Crippen molar-refractivity contribution in [2.45, 2.75) is 32.7 Å². The summed E-state index contributed by atoms with van der Waals surface area (Å²) in [6, 6.07) is 19.6. The van der Waals surface area contributed by atoms with Crippen LogP contribution in [0.5, 0.6) is 0 Å². The number of rotatable bonds is 8. The summed E-state index contributed by atoms with van der Waals surface area (Å²) in [6.45, 7) is 5.50. The van der Waals surface area contributed by atoms with Gasteiger partial charge in [0.1, 0.15) is 11.5 Å². The van der Waals surface area contributed by atoms with Crippen LogP contribution in [0.3, 0.4) is 0 Å². The van der Waals surface area contributed by atoms with Crippen molar-refractivity contribution in [1.82, 2.24) is 10.6 Å². The van der Waals surface area contributed by atoms with Crippen molar-refractivity contribution < 1.29 is 14.0 Å². The van der Waals surface area contributed by atoms with Gasteiger partial charge in [-0.3, -0.25) is 9.59 Å². The predicted octanol–water partition coefficient (Wildman–Crippen LogP) is 4.32. The fourth-order valence-electron chi connectivity index (χ4n) is 4.17. The number of hydrogen-bond donors (Lipinski definition) is 2. The molecule has 6 nitrogen and oxygen atoms in total. The van der Waals surface area contributed by atoms with E-state index in [-0.39, 0.29) is 17.5 Å². The van der Waals surface area contributed by atoms with Gasteiger partial charge >= 0.3 is 0 Å². The molecule has 0 spiro atoms. The Balaban J connectivity index is 1.37. The molecule has 2 N–H and O–H groups in total. The van der Waals surface area contributed by atoms with Crippen molar-refractivity contribution >= 4 is 23.6 Å². The van der Waals surface area contributed by atoms with Gasteiger partial charge in [-0.05, 0) is 62.6 Å². The molecule has 3 aromatic rings. The van der Waals surface area contributed by atoms with Crippen LogP contribution in [-0.2, 0) is 11.2 Å². The van der Waals surface area contributed by atoms with E-state index in [9.17, 15) is 9.59 Å². The van der Waals surface area contributed by atoms with E-state index in [0.717, 1.165) is 24.9 Å². The molecule has 1 aliphatic rings. The molecule has 6 heteroatoms. The van der Waals surface area contributed by atoms with E-state index in [1.54, 1.807) is 30.3 Å². The molecule has 0 saturated carbocycles. The van der Waals surface area contributed by atoms with E-state index >= 15 is 0 Å². The summed E-state index contributed by atoms with van der Waals surface area (Å²) >= 11 is 0. The van der Waals surface area contributed by atoms with Gasteiger partial charge in [-0.15, -0.1) is 0 Å². The molecule has 1 aromatic heterocycles. The molecule has 0 unspecified atom stereocenters. The van der Waals surface area contributed by atoms with Gasteiger partial charge in [-0.1, -0.05) is 35.9 Å². The standard InChI is InChI=1S/C27H29N3O3/c1-19-8-5-10-22(16-19)26(31)29-24(18-23-11-6-15-33-23)27(32)28-13-7-14-30-20(2)17-21-9-3-4-12-25(21)30/h3-6,8-12,15-16,18,20H,7,13-14,17H2,1-2H3,(H,28,32)(H,29,31)/b24-18-/t20-/m0/s1. The van der Waals surface area contributed by atoms with E-state index < -0.39 is 0 Å². The normalized spacial score (nSPS) is 15.3. The first-order valence-electron chi connectivity index (χ1n) is 11.3. The molecular formula is C27H29N3O3. The van der Waals surface area contributed by atoms with Crippen LogP contribution in [0.2, 0.25) is 0 Å². The van der Waals surface area contributed by atoms with Crippen LogP contribution in [0.1, 0.15) is 40.6 Å². The lowest BCUT2D eigenvalue weighted by Gasteiger charge is -2.25. The molecule has 2 amide bonds. The lowest BCUT2D eigenvalue weighted by molar-refractivity contribution is -0.117. The third-order valence-electron chi connectivity index (χ3n) is 5.81. The molecule has 2 aromatic carbocycles. The number of para-hydroxylation sites is 1. The Morgan fingerprint density at radius 1 is 1.12 bits per heavy atom. The Kier molecular flexibility index (Phi) is 6.93. The fraction of sp³-hybridized carbons (Fsp3) is 0.259. The SMILES string of the molecule is Cc1cccc(C(=O)N/C(=C\c2ccco2)C(=O)NCCCN2c3ccccc3C[C@@H]2C)c1. The summed E-state index contributed by atoms with van der Waals surface area (Å²) in [6.07, 6.45) is 4.91. The monoisotopic (exact) mass is 443 g/mol. The van der Waals surface area contributed by atoms with Gasteiger partial charge < -0.3 is 20.0 Å². The molecular weight excluding hydrogens is 414 g/mol. The summed E-state index contributed by atoms with van der Waals surface area (Å²) in [5, 5.41) is 5.68. The second-order valence-corrected chi connectivity index (χ2v) is 8.38. The molecule has 0 saturated heterocycles. The minimum Gasteiger partial charge on any atom is -0.465 e. The van der Waals surface area contributed by atoms with Crippen molar-refractivity contribution in [1.29, 1.82) is 0 Å². The third kappa shape index (κ3) is 5.52. The second-order valence-electron chi connectivity index (χ2n) is 8.38. The van der Waals surface area contributed by atoms with E-state index in [2.05, 4.69) is 46.7 Å². The molecule has 33 heavy (non-hydrogen) atoms. The highest BCUT2D eigenvalue weighted by Crippen LogP contribution is 2.31. The summed E-state index contributed by atoms with van der Waals surface area (Å²) < 4.78 is 5.34. The lowest BCUT2D eigenvalue weighted by Crippen LogP contribution is -2.37. The number of amides is 2. The Morgan fingerprint density at radius 2 is 1.97 bits per heavy atom. The van der Waals surface area contributed by atoms with Crippen LogP contribution in [0.25, 0.3) is 6.08 Å². The minimum absolute atomic E-state index is 0.149. The van der Waals surface area contributed by atoms with Crippen molar-refractivity contribution in [3.63, 3.8) is 0 Å². The van der Waals surface area contributed by atoms with Crippen molar-refractivity contribution in [3.05, 3.63) is 95.1 Å². The van der Waals surface area contributed by atoms with Gasteiger partial charge in [0, 0.05) is 36.5 Å². The minimum atomic E-state index is -0.345. The number of hydrogen-bond acceptors (Lipinski definition) is 4. The van der Waals surface area contributed by atoms with Gasteiger partial charge in [0.05, 0.1) is 6.26 Å². The maximum absolute atomic E-state index is 12.9. The molecule has 0 aliphatic carbocycles. The third-order valence-corrected chi connectivity index (χ3v) is 5.81. The van der Waals surface area contributed by atoms with Gasteiger partial charge in [-0.2, -0.15) is 0 Å². The smallest absolute Gasteiger partial charge is 0.267 e. The Bertz CT molecular complexity index is 1150. The summed E-state index contributed by atoms with van der Waals surface area (Å²) in [5.74, 6) is -0.191. The van der Waals surface area contributed by atoms with Crippen LogP contribution in [-0.4, -0.2) is 30.9 Å². The van der Waals surface area contributed by atoms with E-state index in [1.807, 2.05) is 19.1 Å². The Morgan fingerprint density at radius 3 is 2.76 bits per heavy atom. The molecule has 4 rings (SSSR count). The highest BCUT2D eigenvalue weighted by molar-refractivity contribution is 6.05. The molecule has 170 valence electrons. The second kappa shape index (κ2) is 10.2. The first kappa shape index (κ1) is 22.4. The number of nitrogens with zero attached hydrogens (tertiary/aromatic N) is 1. The molecule has 0 fully saturated rings. The molecule has 1 aliphatic heterocycles. The zero-order chi connectivity index (χ0) is 23.2. The predicted molar refractivity (Wildman–Crippen MR) is 130 cm³/mol. The van der Waals surface area contributed by atoms with E-state index in [0.29, 0.717) is 23.9 Å². The van der Waals surface area contributed by atoms with E-state index in [4.69, 9.17) is 4.42 Å². The number of anilines is 1. The lowest BCUT2D eigenvalue weighted by atomic mass is 10.1. The number of fused-ring (bicyclic) bond motifs is 1. The summed E-state index contributed by atoms with van der Waals surface area (Å²) in [7, 11) is 0. The topological polar surface area (TPSA) is 74.6 Å². The first-order chi connectivity index (χ1) is 16.0. The van der Waals surface area contributed by atoms with Gasteiger partial charge in [0.15, 0.2) is 0 Å². The quantitative estimate of drug-likeness (QED) is 0.402. The maximum Gasteiger partial charge on any atom is 0.267 e. The first-order valence-corrected chi connectivity index (χ1v) is 11.3. The van der Waals surface area contributed by atoms with Gasteiger partial charge in [-0.25, -0.2) is 0 Å². The van der Waals surface area contributed by atoms with Gasteiger partial charge in [0.25, 0.3) is 11.8 Å². The Hall–Kier alpha value is -3.80. The van der Waals surface area contributed by atoms with Crippen LogP contribution in [0, 0.1) is 6.92 Å². The van der Waals surface area contributed by atoms with Crippen LogP contribution in [0.15, 0.2) is 77.0 Å². The number of carbonyl (C=O) groups excluding carboxylic acids is 2. The molecule has 0 bridgehead atoms. The number of carbonyl (C=O) groups is 2. The summed E-state index contributed by atoms with van der Waals surface area (Å²) in [4.78, 5) is 28.0. The number of furan rings is 1. The van der Waals surface area contributed by atoms with Gasteiger partial charge in [0.2, 0.25) is 0 Å². The average molecular weight is 444 g/mol. The van der Waals surface area contributed by atoms with Crippen LogP contribution in [0.4, 0.5) is 5.69 Å². The maximum atomic E-state index is 12.9. The van der Waals surface area contributed by atoms with E-state index in [1.165, 1.54) is 17.5 Å². The largest absolute Gasteiger partial charge is 0.465 e. The van der Waals surface area contributed by atoms with Crippen LogP contribution >= 0.6 is 0 Å². The fourth-order valence-corrected chi connectivity index (χ4v) is 4.17. The highest BCUT2D eigenvalue weighted by Gasteiger charge is 2.24. The summed E-state index contributed by atoms with van der Waals surface area (Å²) in [5.41, 5.74) is 4.27.